The van der Waals surface area contributed by atoms with Gasteiger partial charge >= 0.3 is 6.18 Å². The van der Waals surface area contributed by atoms with Gasteiger partial charge in [0.2, 0.25) is 0 Å². The number of hydrogen-bond donors (Lipinski definition) is 0. The van der Waals surface area contributed by atoms with Crippen molar-refractivity contribution in [2.24, 2.45) is 0 Å². The summed E-state index contributed by atoms with van der Waals surface area (Å²) < 4.78 is 37.9. The summed E-state index contributed by atoms with van der Waals surface area (Å²) in [6.07, 6.45) is -2.17. The molecule has 1 aromatic rings. The molecule has 1 rings (SSSR count). The van der Waals surface area contributed by atoms with E-state index in [2.05, 4.69) is 10.6 Å². The molecule has 1 radical (unpaired) electrons. The number of halogens is 3. The van der Waals surface area contributed by atoms with Crippen molar-refractivity contribution in [2.45, 2.75) is 6.18 Å². The molecule has 0 bridgehead atoms. The van der Waals surface area contributed by atoms with E-state index in [1.807, 2.05) is 0 Å². The summed E-state index contributed by atoms with van der Waals surface area (Å²) in [6.45, 7) is 0. The normalized spacial score (nSPS) is 11.9. The highest BCUT2D eigenvalue weighted by Crippen LogP contribution is 2.30. The smallest absolute Gasteiger partial charge is 0.190 e. The molecule has 0 aliphatic heterocycles. The maximum Gasteiger partial charge on any atom is 0.427 e. The molecule has 0 unspecified atom stereocenters. The molecular formula is C4HF3NS. The lowest BCUT2D eigenvalue weighted by molar-refractivity contribution is -0.134. The highest BCUT2D eigenvalue weighted by molar-refractivity contribution is 7.05. The average Bonchev–Trinajstić information content (AvgIpc) is 2.08. The molecule has 1 aromatic heterocycles. The highest BCUT2D eigenvalue weighted by Gasteiger charge is 2.32. The Hall–Kier alpha value is -0.580. The zero-order valence-corrected chi connectivity index (χ0v) is 4.88. The van der Waals surface area contributed by atoms with Crippen LogP contribution in [0.2, 0.25) is 0 Å². The quantitative estimate of drug-likeness (QED) is 0.553. The Morgan fingerprint density at radius 1 is 1.56 bits per heavy atom. The number of alkyl halides is 3. The molecule has 0 atom stereocenters. The fourth-order valence-corrected chi connectivity index (χ4v) is 0.733. The van der Waals surface area contributed by atoms with E-state index >= 15 is 0 Å². The molecular weight excluding hydrogens is 151 g/mol. The van der Waals surface area contributed by atoms with Gasteiger partial charge in [-0.2, -0.15) is 17.5 Å². The lowest BCUT2D eigenvalue weighted by Crippen LogP contribution is -2.00. The molecule has 0 aromatic carbocycles. The van der Waals surface area contributed by atoms with Gasteiger partial charge in [-0.3, -0.25) is 0 Å². The predicted molar refractivity (Wildman–Crippen MR) is 26.0 cm³/mol. The summed E-state index contributed by atoms with van der Waals surface area (Å²) in [5.74, 6) is 0. The molecule has 5 heteroatoms. The summed E-state index contributed by atoms with van der Waals surface area (Å²) >= 11 is 0.399. The van der Waals surface area contributed by atoms with Gasteiger partial charge < -0.3 is 0 Å². The third kappa shape index (κ3) is 1.41. The molecule has 0 spiro atoms. The van der Waals surface area contributed by atoms with Gasteiger partial charge in [0.15, 0.2) is 0 Å². The monoisotopic (exact) mass is 152 g/mol. The number of nitrogens with zero attached hydrogens (tertiary/aromatic N) is 1. The van der Waals surface area contributed by atoms with Crippen molar-refractivity contribution < 1.29 is 13.2 Å². The molecule has 0 saturated carbocycles. The third-order valence-electron chi connectivity index (χ3n) is 0.672. The van der Waals surface area contributed by atoms with E-state index in [1.165, 1.54) is 0 Å². The third-order valence-corrected chi connectivity index (χ3v) is 1.41. The minimum absolute atomic E-state index is 0.399. The Bertz CT molecular complexity index is 178. The molecule has 0 amide bonds. The lowest BCUT2D eigenvalue weighted by Gasteiger charge is -1.98. The van der Waals surface area contributed by atoms with Crippen molar-refractivity contribution >= 4 is 11.5 Å². The van der Waals surface area contributed by atoms with Crippen LogP contribution < -0.4 is 0 Å². The highest BCUT2D eigenvalue weighted by atomic mass is 32.1. The van der Waals surface area contributed by atoms with Crippen molar-refractivity contribution in [1.82, 2.24) is 4.37 Å². The van der Waals surface area contributed by atoms with Gasteiger partial charge in [0.05, 0.1) is 0 Å². The largest absolute Gasteiger partial charge is 0.427 e. The fraction of sp³-hybridized carbons (Fsp3) is 0.250. The standard InChI is InChI=1S/C4HF3NS/c5-4(6,7)3-1-2-8-9-3/h1H. The van der Waals surface area contributed by atoms with E-state index in [1.54, 1.807) is 0 Å². The zero-order valence-electron chi connectivity index (χ0n) is 4.07. The summed E-state index contributed by atoms with van der Waals surface area (Å²) in [7, 11) is 0. The van der Waals surface area contributed by atoms with Gasteiger partial charge in [-0.1, -0.05) is 0 Å². The first-order valence-corrected chi connectivity index (χ1v) is 2.78. The molecule has 0 aliphatic carbocycles. The van der Waals surface area contributed by atoms with Crippen LogP contribution >= 0.6 is 11.5 Å². The van der Waals surface area contributed by atoms with Crippen LogP contribution in [0.4, 0.5) is 13.2 Å². The topological polar surface area (TPSA) is 12.9 Å². The Labute approximate surface area is 53.3 Å². The Kier molecular flexibility index (Phi) is 1.44. The molecule has 1 heterocycles. The van der Waals surface area contributed by atoms with Crippen molar-refractivity contribution in [1.29, 1.82) is 0 Å². The van der Waals surface area contributed by atoms with Gasteiger partial charge in [-0.05, 0) is 17.6 Å². The molecule has 9 heavy (non-hydrogen) atoms. The van der Waals surface area contributed by atoms with Crippen molar-refractivity contribution in [3.63, 3.8) is 0 Å². The van der Waals surface area contributed by atoms with Crippen molar-refractivity contribution in [3.05, 3.63) is 17.1 Å². The summed E-state index contributed by atoms with van der Waals surface area (Å²) in [4.78, 5) is -0.706. The van der Waals surface area contributed by atoms with Crippen LogP contribution in [0.3, 0.4) is 0 Å². The molecule has 0 fully saturated rings. The molecule has 0 aliphatic rings. The fourth-order valence-electron chi connectivity index (χ4n) is 0.320. The summed E-state index contributed by atoms with van der Waals surface area (Å²) in [5, 5.41) is 0. The van der Waals surface area contributed by atoms with E-state index in [-0.39, 0.29) is 0 Å². The van der Waals surface area contributed by atoms with E-state index in [0.29, 0.717) is 11.5 Å². The molecule has 49 valence electrons. The zero-order chi connectivity index (χ0) is 6.91. The van der Waals surface area contributed by atoms with Crippen molar-refractivity contribution in [2.75, 3.05) is 0 Å². The number of rotatable bonds is 0. The second-order valence-electron chi connectivity index (χ2n) is 1.32. The minimum Gasteiger partial charge on any atom is -0.190 e. The molecule has 1 nitrogen and oxygen atoms in total. The predicted octanol–water partition coefficient (Wildman–Crippen LogP) is 1.96. The van der Waals surface area contributed by atoms with Crippen LogP contribution in [0.15, 0.2) is 6.07 Å². The maximum absolute atomic E-state index is 11.6. The SMILES string of the molecule is FC(F)(F)c1c[c]ns1. The van der Waals surface area contributed by atoms with Gasteiger partial charge in [0, 0.05) is 0 Å². The first kappa shape index (κ1) is 6.54. The van der Waals surface area contributed by atoms with Crippen LogP contribution in [-0.2, 0) is 6.18 Å². The van der Waals surface area contributed by atoms with Gasteiger partial charge in [0.25, 0.3) is 0 Å². The van der Waals surface area contributed by atoms with Gasteiger partial charge in [0.1, 0.15) is 11.1 Å². The van der Waals surface area contributed by atoms with Crippen LogP contribution in [0.25, 0.3) is 0 Å². The van der Waals surface area contributed by atoms with Crippen LogP contribution in [0.5, 0.6) is 0 Å². The van der Waals surface area contributed by atoms with Crippen LogP contribution in [0, 0.1) is 6.20 Å². The van der Waals surface area contributed by atoms with Gasteiger partial charge in [-0.25, -0.2) is 0 Å². The van der Waals surface area contributed by atoms with E-state index in [0.717, 1.165) is 6.07 Å². The first-order valence-electron chi connectivity index (χ1n) is 2.00. The van der Waals surface area contributed by atoms with E-state index in [9.17, 15) is 13.2 Å². The number of hydrogen-bond acceptors (Lipinski definition) is 2. The van der Waals surface area contributed by atoms with Gasteiger partial charge in [-0.15, -0.1) is 0 Å². The average molecular weight is 152 g/mol. The van der Waals surface area contributed by atoms with E-state index in [4.69, 9.17) is 0 Å². The van der Waals surface area contributed by atoms with Crippen molar-refractivity contribution in [3.8, 4) is 0 Å². The van der Waals surface area contributed by atoms with E-state index < -0.39 is 11.1 Å². The Balaban J connectivity index is 2.90. The second-order valence-corrected chi connectivity index (χ2v) is 2.12. The lowest BCUT2D eigenvalue weighted by atomic mass is 10.5. The Morgan fingerprint density at radius 2 is 2.22 bits per heavy atom. The maximum atomic E-state index is 11.6. The first-order chi connectivity index (χ1) is 4.11. The molecule has 0 saturated heterocycles. The van der Waals surface area contributed by atoms with Crippen LogP contribution in [0.1, 0.15) is 4.88 Å². The Morgan fingerprint density at radius 3 is 2.44 bits per heavy atom. The summed E-state index contributed by atoms with van der Waals surface area (Å²) in [6, 6.07) is 0.824. The second kappa shape index (κ2) is 1.98. The van der Waals surface area contributed by atoms with Crippen LogP contribution in [-0.4, -0.2) is 4.37 Å². The summed E-state index contributed by atoms with van der Waals surface area (Å²) in [5.41, 5.74) is 0. The number of aromatic nitrogens is 1. The minimum atomic E-state index is -4.25. The molecule has 0 N–H and O–H groups in total.